The average molecular weight is 608 g/mol. The number of hydrogen-bond acceptors (Lipinski definition) is 8. The normalized spacial score (nSPS) is 33.3. The number of carbonyl (C=O) groups is 3. The Morgan fingerprint density at radius 2 is 1.68 bits per heavy atom. The van der Waals surface area contributed by atoms with E-state index in [0.717, 1.165) is 16.5 Å². The molecule has 44 heavy (non-hydrogen) atoms. The van der Waals surface area contributed by atoms with Gasteiger partial charge in [0.1, 0.15) is 18.2 Å². The Hall–Kier alpha value is -3.38. The third-order valence-electron chi connectivity index (χ3n) is 9.16. The molecule has 3 heterocycles. The summed E-state index contributed by atoms with van der Waals surface area (Å²) < 4.78 is 6.13. The first-order chi connectivity index (χ1) is 21.0. The zero-order valence-electron chi connectivity index (χ0n) is 26.0. The van der Waals surface area contributed by atoms with Crippen LogP contribution in [-0.4, -0.2) is 75.1 Å². The van der Waals surface area contributed by atoms with E-state index < -0.39 is 41.9 Å². The van der Waals surface area contributed by atoms with Gasteiger partial charge in [-0.15, -0.1) is 0 Å². The van der Waals surface area contributed by atoms with Crippen molar-refractivity contribution in [2.45, 2.75) is 103 Å². The molecule has 1 aromatic heterocycles. The van der Waals surface area contributed by atoms with Crippen LogP contribution in [0.25, 0.3) is 17.0 Å². The van der Waals surface area contributed by atoms with Crippen LogP contribution in [0.3, 0.4) is 0 Å². The molecule has 11 nitrogen and oxygen atoms in total. The number of aromatic nitrogens is 1. The van der Waals surface area contributed by atoms with Crippen molar-refractivity contribution < 1.29 is 29.3 Å². The van der Waals surface area contributed by atoms with E-state index in [2.05, 4.69) is 16.1 Å². The molecule has 3 aliphatic rings. The van der Waals surface area contributed by atoms with Crippen LogP contribution < -0.4 is 16.1 Å². The minimum absolute atomic E-state index is 0.235. The van der Waals surface area contributed by atoms with E-state index in [0.29, 0.717) is 50.8 Å². The lowest BCUT2D eigenvalue weighted by atomic mass is 9.72. The van der Waals surface area contributed by atoms with E-state index in [1.165, 1.54) is 5.01 Å². The lowest BCUT2D eigenvalue weighted by Crippen LogP contribution is -2.61. The van der Waals surface area contributed by atoms with E-state index in [1.807, 2.05) is 63.3 Å². The van der Waals surface area contributed by atoms with Gasteiger partial charge in [-0.2, -0.15) is 0 Å². The second-order valence-corrected chi connectivity index (χ2v) is 12.9. The minimum atomic E-state index is -1.32. The summed E-state index contributed by atoms with van der Waals surface area (Å²) in [4.78, 5) is 44.9. The summed E-state index contributed by atoms with van der Waals surface area (Å²) in [7, 11) is 0. The van der Waals surface area contributed by atoms with Gasteiger partial charge in [0.15, 0.2) is 6.29 Å². The number of benzene rings is 1. The van der Waals surface area contributed by atoms with E-state index in [1.54, 1.807) is 6.92 Å². The van der Waals surface area contributed by atoms with E-state index in [-0.39, 0.29) is 23.8 Å². The Kier molecular flexibility index (Phi) is 9.69. The molecule has 1 aliphatic carbocycles. The van der Waals surface area contributed by atoms with Crippen molar-refractivity contribution >= 4 is 34.7 Å². The van der Waals surface area contributed by atoms with E-state index in [9.17, 15) is 24.6 Å². The molecule has 2 fully saturated rings. The molecule has 3 amide bonds. The molecule has 1 spiro atoms. The fourth-order valence-corrected chi connectivity index (χ4v) is 6.30. The molecule has 238 valence electrons. The third kappa shape index (κ3) is 6.96. The number of nitrogens with one attached hydrogen (secondary N) is 3. The Bertz CT molecular complexity index is 1400. The molecule has 5 bridgehead atoms. The van der Waals surface area contributed by atoms with E-state index >= 15 is 0 Å². The van der Waals surface area contributed by atoms with Crippen LogP contribution in [0.1, 0.15) is 83.5 Å². The van der Waals surface area contributed by atoms with Crippen LogP contribution in [0.15, 0.2) is 36.4 Å². The standard InChI is InChI=1S/C33H45N5O6/c1-19(2)28-30(41)35-21(4)31(42)38-17-5-6-26(37-38)29(40)34-20(3)25-10-9-23-8-7-22(18-27(23)36-25)11-14-33(32(43)44-28)15-12-24(39)13-16-33/h7-11,14,18-21,24,26,28,32,37,39,43H,5-6,12-13,15-17H2,1-4H3,(H,34,40)(H,35,41)/b14-11+/t20-,21+,24?,26+,28+,32?,33?/m1/s1. The number of aliphatic hydroxyl groups excluding tert-OH is 2. The molecule has 5 atom stereocenters. The molecule has 5 rings (SSSR count). The molecule has 1 saturated heterocycles. The first kappa shape index (κ1) is 32.0. The zero-order valence-corrected chi connectivity index (χ0v) is 26.0. The van der Waals surface area contributed by atoms with Crippen LogP contribution in [0.2, 0.25) is 0 Å². The molecule has 1 aromatic carbocycles. The predicted octanol–water partition coefficient (Wildman–Crippen LogP) is 2.72. The lowest BCUT2D eigenvalue weighted by Gasteiger charge is -2.41. The number of amides is 3. The minimum Gasteiger partial charge on any atom is -0.393 e. The number of fused-ring (bicyclic) bond motifs is 4. The number of aliphatic hydroxyl groups is 2. The van der Waals surface area contributed by atoms with Gasteiger partial charge in [0, 0.05) is 17.3 Å². The number of hydrazine groups is 1. The smallest absolute Gasteiger partial charge is 0.258 e. The SMILES string of the molecule is CC(C)[C@@H]1OC(O)C2(/C=C/c3ccc4ccc(nc4c3)[C@@H](C)NC(=O)[C@@H]3CCCN(N3)C(=O)[C@H](C)NC1=O)CCC(O)CC2. The predicted molar refractivity (Wildman–Crippen MR) is 165 cm³/mol. The molecule has 5 N–H and O–H groups in total. The van der Waals surface area contributed by atoms with Crippen molar-refractivity contribution in [2.24, 2.45) is 11.3 Å². The number of carbonyl (C=O) groups excluding carboxylic acids is 3. The highest BCUT2D eigenvalue weighted by Crippen LogP contribution is 2.42. The quantitative estimate of drug-likeness (QED) is 0.332. The highest BCUT2D eigenvalue weighted by Gasteiger charge is 2.43. The first-order valence-corrected chi connectivity index (χ1v) is 15.8. The van der Waals surface area contributed by atoms with Gasteiger partial charge in [0.2, 0.25) is 11.8 Å². The summed E-state index contributed by atoms with van der Waals surface area (Å²) in [6.07, 6.45) is 4.16. The van der Waals surface area contributed by atoms with Crippen molar-refractivity contribution in [1.82, 2.24) is 26.1 Å². The monoisotopic (exact) mass is 607 g/mol. The van der Waals surface area contributed by atoms with Crippen molar-refractivity contribution in [3.8, 4) is 0 Å². The zero-order chi connectivity index (χ0) is 31.6. The van der Waals surface area contributed by atoms with Crippen molar-refractivity contribution in [1.29, 1.82) is 0 Å². The fraction of sp³-hybridized carbons (Fsp3) is 0.576. The Labute approximate surface area is 258 Å². The summed E-state index contributed by atoms with van der Waals surface area (Å²) >= 11 is 0. The molecule has 2 aromatic rings. The Morgan fingerprint density at radius 1 is 0.977 bits per heavy atom. The van der Waals surface area contributed by atoms with Gasteiger partial charge >= 0.3 is 0 Å². The Morgan fingerprint density at radius 3 is 2.41 bits per heavy atom. The molecule has 1 saturated carbocycles. The van der Waals surface area contributed by atoms with Gasteiger partial charge in [-0.3, -0.25) is 24.4 Å². The maximum absolute atomic E-state index is 13.5. The molecular formula is C33H45N5O6. The summed E-state index contributed by atoms with van der Waals surface area (Å²) in [5.74, 6) is -1.41. The number of hydrogen-bond donors (Lipinski definition) is 5. The van der Waals surface area contributed by atoms with Crippen LogP contribution in [-0.2, 0) is 19.1 Å². The molecule has 1 unspecified atom stereocenters. The topological polar surface area (TPSA) is 153 Å². The van der Waals surface area contributed by atoms with Gasteiger partial charge < -0.3 is 25.6 Å². The third-order valence-corrected chi connectivity index (χ3v) is 9.16. The van der Waals surface area contributed by atoms with Crippen LogP contribution in [0, 0.1) is 11.3 Å². The van der Waals surface area contributed by atoms with Crippen LogP contribution in [0.5, 0.6) is 0 Å². The first-order valence-electron chi connectivity index (χ1n) is 15.8. The number of ether oxygens (including phenoxy) is 1. The second-order valence-electron chi connectivity index (χ2n) is 12.9. The summed E-state index contributed by atoms with van der Waals surface area (Å²) in [6, 6.07) is 7.90. The van der Waals surface area contributed by atoms with Gasteiger partial charge in [0.05, 0.1) is 23.4 Å². The summed E-state index contributed by atoms with van der Waals surface area (Å²) in [5, 5.41) is 30.0. The number of nitrogens with zero attached hydrogens (tertiary/aromatic N) is 2. The van der Waals surface area contributed by atoms with Gasteiger partial charge in [-0.1, -0.05) is 44.2 Å². The highest BCUT2D eigenvalue weighted by molar-refractivity contribution is 5.90. The molecular weight excluding hydrogens is 562 g/mol. The molecule has 2 aliphatic heterocycles. The molecule has 0 radical (unpaired) electrons. The average Bonchev–Trinajstić information content (AvgIpc) is 3.01. The Balaban J connectivity index is 1.53. The maximum Gasteiger partial charge on any atom is 0.258 e. The van der Waals surface area contributed by atoms with Gasteiger partial charge in [-0.05, 0) is 76.0 Å². The fourth-order valence-electron chi connectivity index (χ4n) is 6.30. The lowest BCUT2D eigenvalue weighted by molar-refractivity contribution is -0.208. The number of rotatable bonds is 1. The van der Waals surface area contributed by atoms with Crippen molar-refractivity contribution in [2.75, 3.05) is 6.54 Å². The van der Waals surface area contributed by atoms with Crippen molar-refractivity contribution in [3.05, 3.63) is 47.7 Å². The summed E-state index contributed by atoms with van der Waals surface area (Å²) in [5.41, 5.74) is 4.56. The van der Waals surface area contributed by atoms with Gasteiger partial charge in [0.25, 0.3) is 5.91 Å². The van der Waals surface area contributed by atoms with Crippen LogP contribution >= 0.6 is 0 Å². The van der Waals surface area contributed by atoms with Crippen LogP contribution in [0.4, 0.5) is 0 Å². The van der Waals surface area contributed by atoms with Crippen molar-refractivity contribution in [3.63, 3.8) is 0 Å². The number of pyridine rings is 1. The van der Waals surface area contributed by atoms with E-state index in [4.69, 9.17) is 9.72 Å². The molecule has 11 heteroatoms. The largest absolute Gasteiger partial charge is 0.393 e. The highest BCUT2D eigenvalue weighted by atomic mass is 16.6. The maximum atomic E-state index is 13.5. The second kappa shape index (κ2) is 13.3. The summed E-state index contributed by atoms with van der Waals surface area (Å²) in [6.45, 7) is 7.52. The van der Waals surface area contributed by atoms with Gasteiger partial charge in [-0.25, -0.2) is 5.43 Å².